The molecule has 0 radical (unpaired) electrons. The molecule has 0 N–H and O–H groups in total. The zero-order valence-electron chi connectivity index (χ0n) is 17.8. The van der Waals surface area contributed by atoms with E-state index < -0.39 is 17.4 Å². The molecule has 0 aromatic heterocycles. The Kier molecular flexibility index (Phi) is 6.14. The molecule has 1 aliphatic heterocycles. The van der Waals surface area contributed by atoms with Gasteiger partial charge in [0.2, 0.25) is 5.41 Å². The Bertz CT molecular complexity index is 1170. The van der Waals surface area contributed by atoms with E-state index in [0.717, 1.165) is 16.8 Å². The molecule has 1 heterocycles. The molecule has 5 nitrogen and oxygen atoms in total. The van der Waals surface area contributed by atoms with Crippen LogP contribution in [0.1, 0.15) is 24.1 Å². The summed E-state index contributed by atoms with van der Waals surface area (Å²) in [7, 11) is 0. The molecule has 32 heavy (non-hydrogen) atoms. The number of ether oxygens (including phenoxy) is 1. The Labute approximate surface area is 187 Å². The summed E-state index contributed by atoms with van der Waals surface area (Å²) in [6.07, 6.45) is 3.61. The molecule has 1 aliphatic rings. The summed E-state index contributed by atoms with van der Waals surface area (Å²) in [5, 5.41) is 17.0. The lowest BCUT2D eigenvalue weighted by Gasteiger charge is -2.32. The number of nitrogens with zero attached hydrogens (tertiary/aromatic N) is 3. The SMILES string of the molecule is CCOC(=O)[C@]1(C#N)C(/C=C/c2ccccc2)=NN(c2ccccc2)[C@@H]1c1ccccc1. The topological polar surface area (TPSA) is 65.7 Å². The highest BCUT2D eigenvalue weighted by Crippen LogP contribution is 2.48. The van der Waals surface area contributed by atoms with Crippen molar-refractivity contribution >= 4 is 23.4 Å². The first-order valence-electron chi connectivity index (χ1n) is 10.5. The third kappa shape index (κ3) is 3.79. The van der Waals surface area contributed by atoms with E-state index in [0.29, 0.717) is 5.71 Å². The second kappa shape index (κ2) is 9.32. The molecule has 4 rings (SSSR count). The van der Waals surface area contributed by atoms with Crippen molar-refractivity contribution in [2.24, 2.45) is 10.5 Å². The van der Waals surface area contributed by atoms with Crippen molar-refractivity contribution in [1.29, 1.82) is 5.26 Å². The van der Waals surface area contributed by atoms with E-state index in [1.165, 1.54) is 0 Å². The van der Waals surface area contributed by atoms with Crippen LogP contribution < -0.4 is 5.01 Å². The summed E-state index contributed by atoms with van der Waals surface area (Å²) >= 11 is 0. The maximum Gasteiger partial charge on any atom is 0.335 e. The lowest BCUT2D eigenvalue weighted by atomic mass is 9.74. The lowest BCUT2D eigenvalue weighted by molar-refractivity contribution is -0.149. The molecule has 0 aliphatic carbocycles. The summed E-state index contributed by atoms with van der Waals surface area (Å²) < 4.78 is 5.44. The van der Waals surface area contributed by atoms with E-state index in [1.807, 2.05) is 97.1 Å². The normalized spacial score (nSPS) is 20.1. The molecule has 3 aromatic rings. The molecular formula is C27H23N3O2. The van der Waals surface area contributed by atoms with Gasteiger partial charge in [-0.1, -0.05) is 84.9 Å². The summed E-state index contributed by atoms with van der Waals surface area (Å²) in [6.45, 7) is 1.91. The van der Waals surface area contributed by atoms with Crippen LogP contribution in [0.3, 0.4) is 0 Å². The van der Waals surface area contributed by atoms with Gasteiger partial charge in [-0.25, -0.2) is 4.79 Å². The lowest BCUT2D eigenvalue weighted by Crippen LogP contribution is -2.44. The fourth-order valence-electron chi connectivity index (χ4n) is 3.92. The minimum atomic E-state index is -1.63. The standard InChI is InChI=1S/C27H23N3O2/c1-2-32-26(31)27(20-28)24(19-18-21-12-6-3-7-13-21)29-30(23-16-10-5-11-17-23)25(27)22-14-8-4-9-15-22/h3-19,25H,2H2,1H3/b19-18+/t25-,27-/m1/s1. The first kappa shape index (κ1) is 21.1. The third-order valence-corrected chi connectivity index (χ3v) is 5.42. The van der Waals surface area contributed by atoms with Gasteiger partial charge in [-0.15, -0.1) is 0 Å². The summed E-state index contributed by atoms with van der Waals surface area (Å²) in [6, 6.07) is 30.4. The zero-order chi connectivity index (χ0) is 22.4. The van der Waals surface area contributed by atoms with Crippen molar-refractivity contribution < 1.29 is 9.53 Å². The second-order valence-corrected chi connectivity index (χ2v) is 7.36. The summed E-state index contributed by atoms with van der Waals surface area (Å²) in [4.78, 5) is 13.4. The van der Waals surface area contributed by atoms with Crippen LogP contribution >= 0.6 is 0 Å². The summed E-state index contributed by atoms with van der Waals surface area (Å²) in [5.41, 5.74) is 1.25. The van der Waals surface area contributed by atoms with Crippen LogP contribution in [0.15, 0.2) is 102 Å². The van der Waals surface area contributed by atoms with E-state index in [9.17, 15) is 10.1 Å². The van der Waals surface area contributed by atoms with Gasteiger partial charge in [0.15, 0.2) is 0 Å². The number of carbonyl (C=O) groups excluding carboxylic acids is 1. The molecule has 0 saturated carbocycles. The first-order chi connectivity index (χ1) is 15.7. The van der Waals surface area contributed by atoms with Gasteiger partial charge in [-0.2, -0.15) is 10.4 Å². The van der Waals surface area contributed by atoms with Gasteiger partial charge in [0, 0.05) is 0 Å². The van der Waals surface area contributed by atoms with Crippen LogP contribution in [0.2, 0.25) is 0 Å². The number of esters is 1. The molecule has 5 heteroatoms. The van der Waals surface area contributed by atoms with Gasteiger partial charge in [-0.3, -0.25) is 5.01 Å². The predicted molar refractivity (Wildman–Crippen MR) is 126 cm³/mol. The van der Waals surface area contributed by atoms with Gasteiger partial charge >= 0.3 is 5.97 Å². The number of rotatable bonds is 6. The van der Waals surface area contributed by atoms with Gasteiger partial charge in [-0.05, 0) is 36.3 Å². The molecule has 0 unspecified atom stereocenters. The Morgan fingerprint density at radius 1 is 1.00 bits per heavy atom. The smallest absolute Gasteiger partial charge is 0.335 e. The minimum Gasteiger partial charge on any atom is -0.464 e. The fourth-order valence-corrected chi connectivity index (χ4v) is 3.92. The Morgan fingerprint density at radius 2 is 1.59 bits per heavy atom. The fraction of sp³-hybridized carbons (Fsp3) is 0.148. The number of hydrogen-bond acceptors (Lipinski definition) is 5. The number of nitriles is 1. The van der Waals surface area contributed by atoms with Gasteiger partial charge in [0.1, 0.15) is 6.04 Å². The molecular weight excluding hydrogens is 398 g/mol. The number of para-hydroxylation sites is 1. The van der Waals surface area contributed by atoms with Crippen LogP contribution in [0, 0.1) is 16.7 Å². The Balaban J connectivity index is 1.91. The quantitative estimate of drug-likeness (QED) is 0.501. The van der Waals surface area contributed by atoms with Crippen molar-refractivity contribution in [3.63, 3.8) is 0 Å². The van der Waals surface area contributed by atoms with Crippen LogP contribution in [0.25, 0.3) is 6.08 Å². The molecule has 158 valence electrons. The van der Waals surface area contributed by atoms with E-state index in [1.54, 1.807) is 18.0 Å². The molecule has 0 saturated heterocycles. The predicted octanol–water partition coefficient (Wildman–Crippen LogP) is 5.39. The van der Waals surface area contributed by atoms with Crippen molar-refractivity contribution in [2.75, 3.05) is 11.6 Å². The van der Waals surface area contributed by atoms with Crippen LogP contribution in [0.4, 0.5) is 5.69 Å². The average Bonchev–Trinajstić information content (AvgIpc) is 3.20. The van der Waals surface area contributed by atoms with Crippen LogP contribution in [0.5, 0.6) is 0 Å². The number of hydrazone groups is 1. The molecule has 3 aromatic carbocycles. The van der Waals surface area contributed by atoms with E-state index in [2.05, 4.69) is 6.07 Å². The van der Waals surface area contributed by atoms with Crippen LogP contribution in [-0.2, 0) is 9.53 Å². The molecule has 0 spiro atoms. The monoisotopic (exact) mass is 421 g/mol. The van der Waals surface area contributed by atoms with Crippen molar-refractivity contribution in [2.45, 2.75) is 13.0 Å². The minimum absolute atomic E-state index is 0.171. The zero-order valence-corrected chi connectivity index (χ0v) is 17.8. The van der Waals surface area contributed by atoms with Gasteiger partial charge in [0.25, 0.3) is 0 Å². The molecule has 0 amide bonds. The first-order valence-corrected chi connectivity index (χ1v) is 10.5. The number of hydrogen-bond donors (Lipinski definition) is 0. The number of allylic oxidation sites excluding steroid dienone is 1. The van der Waals surface area contributed by atoms with Crippen LogP contribution in [-0.4, -0.2) is 18.3 Å². The Morgan fingerprint density at radius 3 is 2.19 bits per heavy atom. The summed E-state index contributed by atoms with van der Waals surface area (Å²) in [5.74, 6) is -0.605. The van der Waals surface area contributed by atoms with Crippen molar-refractivity contribution in [3.05, 3.63) is 108 Å². The van der Waals surface area contributed by atoms with E-state index in [4.69, 9.17) is 9.84 Å². The van der Waals surface area contributed by atoms with Crippen molar-refractivity contribution in [3.8, 4) is 6.07 Å². The maximum atomic E-state index is 13.4. The number of benzene rings is 3. The number of anilines is 1. The second-order valence-electron chi connectivity index (χ2n) is 7.36. The molecule has 2 atom stereocenters. The largest absolute Gasteiger partial charge is 0.464 e. The van der Waals surface area contributed by atoms with E-state index >= 15 is 0 Å². The number of carbonyl (C=O) groups is 1. The maximum absolute atomic E-state index is 13.4. The highest BCUT2D eigenvalue weighted by molar-refractivity contribution is 6.19. The van der Waals surface area contributed by atoms with Crippen molar-refractivity contribution in [1.82, 2.24) is 0 Å². The van der Waals surface area contributed by atoms with E-state index in [-0.39, 0.29) is 6.61 Å². The van der Waals surface area contributed by atoms with Gasteiger partial charge in [0.05, 0.1) is 24.1 Å². The highest BCUT2D eigenvalue weighted by Gasteiger charge is 2.59. The third-order valence-electron chi connectivity index (χ3n) is 5.42. The molecule has 0 fully saturated rings. The highest BCUT2D eigenvalue weighted by atomic mass is 16.5. The Hall–Kier alpha value is -4.17. The van der Waals surface area contributed by atoms with Gasteiger partial charge < -0.3 is 4.74 Å². The average molecular weight is 422 g/mol. The molecule has 0 bridgehead atoms.